The molecule has 0 atom stereocenters. The van der Waals surface area contributed by atoms with Crippen LogP contribution in [0.15, 0.2) is 0 Å². The van der Waals surface area contributed by atoms with E-state index in [2.05, 4.69) is 0 Å². The molecule has 2 amide bonds. The average molecular weight is 364 g/mol. The molecule has 1 N–H and O–H groups in total. The van der Waals surface area contributed by atoms with E-state index in [1.54, 1.807) is 0 Å². The molecule has 0 heterocycles. The number of carbonyl (C=O) groups excluding carboxylic acids is 1. The van der Waals surface area contributed by atoms with Crippen LogP contribution in [0.2, 0.25) is 0 Å². The van der Waals surface area contributed by atoms with Crippen molar-refractivity contribution in [3.8, 4) is 0 Å². The van der Waals surface area contributed by atoms with Crippen LogP contribution in [0.3, 0.4) is 0 Å². The van der Waals surface area contributed by atoms with Crippen LogP contribution in [0.5, 0.6) is 0 Å². The molecule has 0 saturated heterocycles. The SMILES string of the molecule is CCCCCN(CCCCC)C(=O)NC(C)(C(F)(F)F)C(F)(F)F. The van der Waals surface area contributed by atoms with Gasteiger partial charge in [0.05, 0.1) is 0 Å². The molecule has 0 fully saturated rings. The number of rotatable bonds is 9. The summed E-state index contributed by atoms with van der Waals surface area (Å²) in [5.74, 6) is 0. The fourth-order valence-corrected chi connectivity index (χ4v) is 2.02. The number of carbonyl (C=O) groups is 1. The molecule has 0 aromatic carbocycles. The van der Waals surface area contributed by atoms with Gasteiger partial charge in [-0.15, -0.1) is 0 Å². The number of halogens is 6. The lowest BCUT2D eigenvalue weighted by atomic mass is 10.0. The van der Waals surface area contributed by atoms with E-state index in [-0.39, 0.29) is 20.0 Å². The third-order valence-electron chi connectivity index (χ3n) is 3.84. The number of hydrogen-bond acceptors (Lipinski definition) is 1. The van der Waals surface area contributed by atoms with Gasteiger partial charge >= 0.3 is 18.4 Å². The minimum Gasteiger partial charge on any atom is -0.325 e. The maximum absolute atomic E-state index is 12.9. The van der Waals surface area contributed by atoms with Gasteiger partial charge in [-0.25, -0.2) is 4.79 Å². The highest BCUT2D eigenvalue weighted by Crippen LogP contribution is 2.42. The second-order valence-electron chi connectivity index (χ2n) is 5.95. The van der Waals surface area contributed by atoms with E-state index in [0.29, 0.717) is 12.8 Å². The summed E-state index contributed by atoms with van der Waals surface area (Å²) in [6, 6.07) is -1.33. The van der Waals surface area contributed by atoms with E-state index in [9.17, 15) is 31.1 Å². The standard InChI is InChI=1S/C15H26F6N2O/c1-4-6-8-10-23(11-9-7-5-2)12(24)22-13(3,14(16,17)18)15(19,20)21/h4-11H2,1-3H3,(H,22,24). The molecule has 0 saturated carbocycles. The van der Waals surface area contributed by atoms with Gasteiger partial charge in [-0.05, 0) is 19.8 Å². The number of nitrogens with zero attached hydrogens (tertiary/aromatic N) is 1. The Bertz CT molecular complexity index is 357. The first-order valence-electron chi connectivity index (χ1n) is 8.11. The van der Waals surface area contributed by atoms with E-state index >= 15 is 0 Å². The summed E-state index contributed by atoms with van der Waals surface area (Å²) in [6.07, 6.45) is -7.07. The highest BCUT2D eigenvalue weighted by Gasteiger charge is 2.68. The molecule has 0 aliphatic rings. The Balaban J connectivity index is 5.15. The average Bonchev–Trinajstić information content (AvgIpc) is 2.43. The van der Waals surface area contributed by atoms with Crippen molar-refractivity contribution in [1.29, 1.82) is 0 Å². The summed E-state index contributed by atoms with van der Waals surface area (Å²) in [6.45, 7) is 4.03. The summed E-state index contributed by atoms with van der Waals surface area (Å²) < 4.78 is 77.3. The Kier molecular flexibility index (Phi) is 8.91. The Labute approximate surface area is 138 Å². The lowest BCUT2D eigenvalue weighted by Gasteiger charge is -2.36. The van der Waals surface area contributed by atoms with Crippen LogP contribution in [0.25, 0.3) is 0 Å². The maximum Gasteiger partial charge on any atom is 0.420 e. The second-order valence-corrected chi connectivity index (χ2v) is 5.95. The number of unbranched alkanes of at least 4 members (excludes halogenated alkanes) is 4. The van der Waals surface area contributed by atoms with Gasteiger partial charge in [0.2, 0.25) is 5.54 Å². The lowest BCUT2D eigenvalue weighted by Crippen LogP contribution is -2.67. The Hall–Kier alpha value is -1.15. The topological polar surface area (TPSA) is 32.3 Å². The van der Waals surface area contributed by atoms with Crippen molar-refractivity contribution in [2.45, 2.75) is 77.2 Å². The van der Waals surface area contributed by atoms with Crippen molar-refractivity contribution in [1.82, 2.24) is 10.2 Å². The Morgan fingerprint density at radius 2 is 1.21 bits per heavy atom. The molecule has 3 nitrogen and oxygen atoms in total. The molecule has 144 valence electrons. The molecule has 0 rings (SSSR count). The summed E-state index contributed by atoms with van der Waals surface area (Å²) in [5, 5.41) is 1.16. The van der Waals surface area contributed by atoms with Crippen molar-refractivity contribution in [2.24, 2.45) is 0 Å². The number of nitrogens with one attached hydrogen (secondary N) is 1. The monoisotopic (exact) mass is 364 g/mol. The third-order valence-corrected chi connectivity index (χ3v) is 3.84. The molecular formula is C15H26F6N2O. The molecule has 0 radical (unpaired) electrons. The molecule has 0 aliphatic carbocycles. The van der Waals surface area contributed by atoms with Crippen LogP contribution in [0.1, 0.15) is 59.3 Å². The van der Waals surface area contributed by atoms with E-state index in [1.165, 1.54) is 0 Å². The van der Waals surface area contributed by atoms with Gasteiger partial charge in [-0.1, -0.05) is 39.5 Å². The van der Waals surface area contributed by atoms with Crippen molar-refractivity contribution >= 4 is 6.03 Å². The molecule has 0 aromatic heterocycles. The minimum absolute atomic E-state index is 0.0544. The normalized spacial score (nSPS) is 13.0. The van der Waals surface area contributed by atoms with Gasteiger partial charge in [-0.3, -0.25) is 0 Å². The van der Waals surface area contributed by atoms with Gasteiger partial charge in [0, 0.05) is 13.1 Å². The van der Waals surface area contributed by atoms with Gasteiger partial charge in [-0.2, -0.15) is 26.3 Å². The van der Waals surface area contributed by atoms with Crippen LogP contribution in [0.4, 0.5) is 31.1 Å². The quantitative estimate of drug-likeness (QED) is 0.439. The maximum atomic E-state index is 12.9. The highest BCUT2D eigenvalue weighted by atomic mass is 19.4. The first-order chi connectivity index (χ1) is 10.9. The number of amides is 2. The van der Waals surface area contributed by atoms with E-state index < -0.39 is 23.9 Å². The fraction of sp³-hybridized carbons (Fsp3) is 0.933. The van der Waals surface area contributed by atoms with Gasteiger partial charge in [0.25, 0.3) is 0 Å². The first-order valence-corrected chi connectivity index (χ1v) is 8.11. The number of alkyl halides is 6. The van der Waals surface area contributed by atoms with E-state index in [1.807, 2.05) is 13.8 Å². The zero-order valence-electron chi connectivity index (χ0n) is 14.3. The van der Waals surface area contributed by atoms with Crippen LogP contribution in [-0.2, 0) is 0 Å². The smallest absolute Gasteiger partial charge is 0.325 e. The zero-order chi connectivity index (χ0) is 19.0. The highest BCUT2D eigenvalue weighted by molar-refractivity contribution is 5.75. The van der Waals surface area contributed by atoms with Crippen LogP contribution in [-0.4, -0.2) is 41.9 Å². The molecule has 0 bridgehead atoms. The van der Waals surface area contributed by atoms with Crippen LogP contribution in [0, 0.1) is 0 Å². The zero-order valence-corrected chi connectivity index (χ0v) is 14.3. The van der Waals surface area contributed by atoms with Crippen molar-refractivity contribution in [2.75, 3.05) is 13.1 Å². The molecule has 0 aromatic rings. The number of urea groups is 1. The summed E-state index contributed by atoms with van der Waals surface area (Å²) >= 11 is 0. The van der Waals surface area contributed by atoms with Crippen molar-refractivity contribution in [3.63, 3.8) is 0 Å². The third kappa shape index (κ3) is 6.39. The Morgan fingerprint density at radius 3 is 1.50 bits per heavy atom. The lowest BCUT2D eigenvalue weighted by molar-refractivity contribution is -0.298. The molecule has 24 heavy (non-hydrogen) atoms. The molecule has 9 heteroatoms. The van der Waals surface area contributed by atoms with Crippen molar-refractivity contribution < 1.29 is 31.1 Å². The van der Waals surface area contributed by atoms with Crippen LogP contribution < -0.4 is 5.32 Å². The number of hydrogen-bond donors (Lipinski definition) is 1. The van der Waals surface area contributed by atoms with Crippen molar-refractivity contribution in [3.05, 3.63) is 0 Å². The molecular weight excluding hydrogens is 338 g/mol. The first kappa shape index (κ1) is 22.9. The summed E-state index contributed by atoms with van der Waals surface area (Å²) in [7, 11) is 0. The minimum atomic E-state index is -5.64. The van der Waals surface area contributed by atoms with E-state index in [4.69, 9.17) is 0 Å². The van der Waals surface area contributed by atoms with Crippen LogP contribution >= 0.6 is 0 Å². The second kappa shape index (κ2) is 9.36. The summed E-state index contributed by atoms with van der Waals surface area (Å²) in [5.41, 5.74) is -4.27. The molecule has 0 aliphatic heterocycles. The summed E-state index contributed by atoms with van der Waals surface area (Å²) in [4.78, 5) is 13.1. The van der Waals surface area contributed by atoms with E-state index in [0.717, 1.165) is 35.9 Å². The molecule has 0 spiro atoms. The van der Waals surface area contributed by atoms with Gasteiger partial charge < -0.3 is 10.2 Å². The predicted octanol–water partition coefficient (Wildman–Crippen LogP) is 5.26. The predicted molar refractivity (Wildman–Crippen MR) is 79.7 cm³/mol. The van der Waals surface area contributed by atoms with Gasteiger partial charge in [0.15, 0.2) is 0 Å². The van der Waals surface area contributed by atoms with Gasteiger partial charge in [0.1, 0.15) is 0 Å². The largest absolute Gasteiger partial charge is 0.420 e. The molecule has 0 unspecified atom stereocenters. The fourth-order valence-electron chi connectivity index (χ4n) is 2.02. The Morgan fingerprint density at radius 1 is 0.833 bits per heavy atom.